The van der Waals surface area contributed by atoms with Crippen LogP contribution in [0.2, 0.25) is 0 Å². The van der Waals surface area contributed by atoms with Gasteiger partial charge in [-0.3, -0.25) is 0 Å². The van der Waals surface area contributed by atoms with E-state index in [2.05, 4.69) is 0 Å². The van der Waals surface area contributed by atoms with Crippen LogP contribution in [0.25, 0.3) is 11.0 Å². The maximum absolute atomic E-state index is 9.57. The molecule has 2 aromatic rings. The molecule has 1 unspecified atom stereocenters. The minimum atomic E-state index is -0.341. The molecule has 3 heteroatoms. The van der Waals surface area contributed by atoms with Crippen LogP contribution in [0.5, 0.6) is 5.75 Å². The van der Waals surface area contributed by atoms with E-state index in [4.69, 9.17) is 9.15 Å². The van der Waals surface area contributed by atoms with Crippen molar-refractivity contribution in [2.45, 2.75) is 25.9 Å². The highest BCUT2D eigenvalue weighted by Crippen LogP contribution is 2.28. The van der Waals surface area contributed by atoms with Gasteiger partial charge >= 0.3 is 0 Å². The quantitative estimate of drug-likeness (QED) is 0.861. The van der Waals surface area contributed by atoms with Gasteiger partial charge in [-0.1, -0.05) is 19.1 Å². The van der Waals surface area contributed by atoms with Crippen molar-refractivity contribution in [3.8, 4) is 5.75 Å². The summed E-state index contributed by atoms with van der Waals surface area (Å²) in [5.41, 5.74) is 0.753. The van der Waals surface area contributed by atoms with Crippen LogP contribution in [-0.4, -0.2) is 18.3 Å². The van der Waals surface area contributed by atoms with Gasteiger partial charge in [0, 0.05) is 11.8 Å². The van der Waals surface area contributed by atoms with Gasteiger partial charge in [0.05, 0.1) is 13.2 Å². The van der Waals surface area contributed by atoms with Crippen molar-refractivity contribution >= 4 is 11.0 Å². The van der Waals surface area contributed by atoms with Gasteiger partial charge in [-0.05, 0) is 18.6 Å². The summed E-state index contributed by atoms with van der Waals surface area (Å²) >= 11 is 0. The minimum absolute atomic E-state index is 0.341. The molecule has 1 aromatic heterocycles. The highest BCUT2D eigenvalue weighted by molar-refractivity contribution is 5.83. The Bertz CT molecular complexity index is 473. The van der Waals surface area contributed by atoms with Crippen molar-refractivity contribution in [2.24, 2.45) is 0 Å². The number of ether oxygens (including phenoxy) is 1. The largest absolute Gasteiger partial charge is 0.493 e. The van der Waals surface area contributed by atoms with E-state index in [1.165, 1.54) is 0 Å². The fourth-order valence-corrected chi connectivity index (χ4v) is 1.73. The molecule has 0 spiro atoms. The van der Waals surface area contributed by atoms with Crippen LogP contribution in [0.3, 0.4) is 0 Å². The van der Waals surface area contributed by atoms with Crippen molar-refractivity contribution in [3.05, 3.63) is 30.0 Å². The summed E-state index contributed by atoms with van der Waals surface area (Å²) in [4.78, 5) is 0. The van der Waals surface area contributed by atoms with Crippen molar-refractivity contribution in [2.75, 3.05) is 7.11 Å². The smallest absolute Gasteiger partial charge is 0.176 e. The molecule has 0 aliphatic rings. The van der Waals surface area contributed by atoms with Crippen molar-refractivity contribution < 1.29 is 14.3 Å². The van der Waals surface area contributed by atoms with Crippen LogP contribution in [0.15, 0.2) is 28.7 Å². The average Bonchev–Trinajstić information content (AvgIpc) is 2.70. The predicted octanol–water partition coefficient (Wildman–Crippen LogP) is 2.75. The fraction of sp³-hybridized carbons (Fsp3) is 0.385. The molecular weight excluding hydrogens is 204 g/mol. The van der Waals surface area contributed by atoms with E-state index >= 15 is 0 Å². The third kappa shape index (κ3) is 2.04. The van der Waals surface area contributed by atoms with Gasteiger partial charge in [-0.15, -0.1) is 0 Å². The molecule has 0 amide bonds. The van der Waals surface area contributed by atoms with E-state index in [1.54, 1.807) is 7.11 Å². The van der Waals surface area contributed by atoms with Crippen molar-refractivity contribution in [1.29, 1.82) is 0 Å². The Morgan fingerprint density at radius 3 is 2.94 bits per heavy atom. The molecule has 0 fully saturated rings. The van der Waals surface area contributed by atoms with Gasteiger partial charge in [0.15, 0.2) is 11.3 Å². The Labute approximate surface area is 94.6 Å². The predicted molar refractivity (Wildman–Crippen MR) is 62.8 cm³/mol. The lowest BCUT2D eigenvalue weighted by atomic mass is 10.1. The molecule has 86 valence electrons. The summed E-state index contributed by atoms with van der Waals surface area (Å²) in [6, 6.07) is 7.72. The lowest BCUT2D eigenvalue weighted by molar-refractivity contribution is 0.164. The summed E-state index contributed by atoms with van der Waals surface area (Å²) in [7, 11) is 1.62. The molecule has 1 aromatic carbocycles. The van der Waals surface area contributed by atoms with E-state index < -0.39 is 0 Å². The number of aliphatic hydroxyl groups excluding tert-OH is 1. The molecule has 0 saturated heterocycles. The lowest BCUT2D eigenvalue weighted by Crippen LogP contribution is -2.07. The number of hydrogen-bond acceptors (Lipinski definition) is 3. The molecule has 16 heavy (non-hydrogen) atoms. The Kier molecular flexibility index (Phi) is 3.15. The van der Waals surface area contributed by atoms with Gasteiger partial charge in [0.25, 0.3) is 0 Å². The zero-order valence-electron chi connectivity index (χ0n) is 9.56. The van der Waals surface area contributed by atoms with Gasteiger partial charge in [0.2, 0.25) is 0 Å². The third-order valence-corrected chi connectivity index (χ3v) is 2.69. The van der Waals surface area contributed by atoms with Crippen LogP contribution in [-0.2, 0) is 6.42 Å². The first kappa shape index (κ1) is 11.0. The average molecular weight is 220 g/mol. The number of methoxy groups -OCH3 is 1. The number of furan rings is 1. The molecule has 0 bridgehead atoms. The number of rotatable bonds is 4. The van der Waals surface area contributed by atoms with Crippen LogP contribution in [0, 0.1) is 0 Å². The Morgan fingerprint density at radius 1 is 1.44 bits per heavy atom. The SMILES string of the molecule is CCC(O)Cc1cc2cccc(OC)c2o1. The standard InChI is InChI=1S/C13H16O3/c1-3-10(14)8-11-7-9-5-4-6-12(15-2)13(9)16-11/h4-7,10,14H,3,8H2,1-2H3. The normalized spacial score (nSPS) is 12.9. The molecule has 0 aliphatic heterocycles. The maximum atomic E-state index is 9.57. The molecule has 2 rings (SSSR count). The summed E-state index contributed by atoms with van der Waals surface area (Å²) in [5.74, 6) is 1.53. The highest BCUT2D eigenvalue weighted by Gasteiger charge is 2.11. The number of para-hydroxylation sites is 1. The van der Waals surface area contributed by atoms with Crippen molar-refractivity contribution in [3.63, 3.8) is 0 Å². The summed E-state index contributed by atoms with van der Waals surface area (Å²) in [6.07, 6.45) is 0.939. The Hall–Kier alpha value is -1.48. The van der Waals surface area contributed by atoms with Gasteiger partial charge in [-0.2, -0.15) is 0 Å². The first-order chi connectivity index (χ1) is 7.74. The van der Waals surface area contributed by atoms with Crippen LogP contribution < -0.4 is 4.74 Å². The van der Waals surface area contributed by atoms with Gasteiger partial charge in [0.1, 0.15) is 5.76 Å². The fourth-order valence-electron chi connectivity index (χ4n) is 1.73. The second-order valence-corrected chi connectivity index (χ2v) is 3.86. The van der Waals surface area contributed by atoms with Gasteiger partial charge < -0.3 is 14.3 Å². The van der Waals surface area contributed by atoms with Crippen LogP contribution in [0.1, 0.15) is 19.1 Å². The van der Waals surface area contributed by atoms with Crippen LogP contribution in [0.4, 0.5) is 0 Å². The molecule has 0 saturated carbocycles. The zero-order valence-corrected chi connectivity index (χ0v) is 9.56. The van der Waals surface area contributed by atoms with E-state index in [9.17, 15) is 5.11 Å². The van der Waals surface area contributed by atoms with Crippen molar-refractivity contribution in [1.82, 2.24) is 0 Å². The second-order valence-electron chi connectivity index (χ2n) is 3.86. The molecule has 0 aliphatic carbocycles. The topological polar surface area (TPSA) is 42.6 Å². The number of hydrogen-bond donors (Lipinski definition) is 1. The minimum Gasteiger partial charge on any atom is -0.493 e. The maximum Gasteiger partial charge on any atom is 0.176 e. The third-order valence-electron chi connectivity index (χ3n) is 2.69. The molecule has 0 radical (unpaired) electrons. The monoisotopic (exact) mass is 220 g/mol. The van der Waals surface area contributed by atoms with E-state index in [1.807, 2.05) is 31.2 Å². The summed E-state index contributed by atoms with van der Waals surface area (Å²) < 4.78 is 10.9. The lowest BCUT2D eigenvalue weighted by Gasteiger charge is -2.03. The summed E-state index contributed by atoms with van der Waals surface area (Å²) in [5, 5.41) is 10.6. The van der Waals surface area contributed by atoms with E-state index in [0.717, 1.165) is 28.9 Å². The molecular formula is C13H16O3. The highest BCUT2D eigenvalue weighted by atomic mass is 16.5. The molecule has 3 nitrogen and oxygen atoms in total. The van der Waals surface area contributed by atoms with Gasteiger partial charge in [-0.25, -0.2) is 0 Å². The Morgan fingerprint density at radius 2 is 2.25 bits per heavy atom. The number of fused-ring (bicyclic) bond motifs is 1. The summed E-state index contributed by atoms with van der Waals surface area (Å²) in [6.45, 7) is 1.95. The van der Waals surface area contributed by atoms with Crippen LogP contribution >= 0.6 is 0 Å². The number of benzene rings is 1. The molecule has 1 N–H and O–H groups in total. The Balaban J connectivity index is 2.36. The second kappa shape index (κ2) is 4.58. The van der Waals surface area contributed by atoms with E-state index in [-0.39, 0.29) is 6.10 Å². The molecule has 1 heterocycles. The first-order valence-corrected chi connectivity index (χ1v) is 5.48. The zero-order chi connectivity index (χ0) is 11.5. The molecule has 1 atom stereocenters. The first-order valence-electron chi connectivity index (χ1n) is 5.48. The number of aliphatic hydroxyl groups is 1. The van der Waals surface area contributed by atoms with E-state index in [0.29, 0.717) is 6.42 Å².